The van der Waals surface area contributed by atoms with E-state index < -0.39 is 16.0 Å². The topological polar surface area (TPSA) is 66.9 Å². The van der Waals surface area contributed by atoms with Gasteiger partial charge in [-0.1, -0.05) is 44.2 Å². The summed E-state index contributed by atoms with van der Waals surface area (Å²) < 4.78 is 33.2. The molecule has 30 heavy (non-hydrogen) atoms. The normalized spacial score (nSPS) is 14.9. The number of nitrogens with zero attached hydrogens (tertiary/aromatic N) is 2. The van der Waals surface area contributed by atoms with Crippen molar-refractivity contribution in [1.82, 2.24) is 9.21 Å². The van der Waals surface area contributed by atoms with Gasteiger partial charge >= 0.3 is 5.97 Å². The fourth-order valence-electron chi connectivity index (χ4n) is 3.62. The zero-order valence-corrected chi connectivity index (χ0v) is 19.7. The van der Waals surface area contributed by atoms with E-state index in [1.807, 2.05) is 30.3 Å². The molecule has 3 rings (SSSR count). The van der Waals surface area contributed by atoms with Crippen molar-refractivity contribution in [3.63, 3.8) is 0 Å². The predicted octanol–water partition coefficient (Wildman–Crippen LogP) is 3.76. The van der Waals surface area contributed by atoms with Crippen molar-refractivity contribution in [3.8, 4) is 0 Å². The molecule has 2 aromatic rings. The molecule has 1 aromatic carbocycles. The number of hydrogen-bond acceptors (Lipinski definition) is 6. The highest BCUT2D eigenvalue weighted by Gasteiger charge is 2.35. The molecular formula is C22H30N2O4S2. The van der Waals surface area contributed by atoms with E-state index in [1.165, 1.54) is 22.8 Å². The Hall–Kier alpha value is -1.74. The van der Waals surface area contributed by atoms with E-state index in [-0.39, 0.29) is 16.3 Å². The second-order valence-corrected chi connectivity index (χ2v) is 11.5. The first-order valence-electron chi connectivity index (χ1n) is 10.2. The molecule has 1 aliphatic heterocycles. The Labute approximate surface area is 183 Å². The van der Waals surface area contributed by atoms with Crippen LogP contribution in [0.5, 0.6) is 0 Å². The summed E-state index contributed by atoms with van der Waals surface area (Å²) in [7, 11) is -0.975. The van der Waals surface area contributed by atoms with Gasteiger partial charge in [0.1, 0.15) is 4.21 Å². The summed E-state index contributed by atoms with van der Waals surface area (Å²) in [6.45, 7) is 7.10. The van der Waals surface area contributed by atoms with Crippen LogP contribution in [-0.2, 0) is 34.3 Å². The first-order valence-corrected chi connectivity index (χ1v) is 12.4. The summed E-state index contributed by atoms with van der Waals surface area (Å²) in [5.41, 5.74) is 1.95. The summed E-state index contributed by atoms with van der Waals surface area (Å²) in [4.78, 5) is 15.9. The maximum atomic E-state index is 13.4. The Balaban J connectivity index is 1.93. The maximum Gasteiger partial charge on any atom is 0.340 e. The molecule has 0 radical (unpaired) electrons. The highest BCUT2D eigenvalue weighted by molar-refractivity contribution is 7.91. The van der Waals surface area contributed by atoms with E-state index >= 15 is 0 Å². The number of rotatable bonds is 8. The quantitative estimate of drug-likeness (QED) is 0.573. The molecule has 0 N–H and O–H groups in total. The van der Waals surface area contributed by atoms with Crippen molar-refractivity contribution in [1.29, 1.82) is 0 Å². The van der Waals surface area contributed by atoms with Gasteiger partial charge in [-0.25, -0.2) is 13.2 Å². The van der Waals surface area contributed by atoms with Gasteiger partial charge in [0.2, 0.25) is 0 Å². The molecule has 0 unspecified atom stereocenters. The number of benzene rings is 1. The van der Waals surface area contributed by atoms with E-state index in [0.717, 1.165) is 35.5 Å². The number of carbonyl (C=O) groups is 1. The van der Waals surface area contributed by atoms with Crippen LogP contribution >= 0.6 is 11.3 Å². The summed E-state index contributed by atoms with van der Waals surface area (Å²) in [6, 6.07) is 9.43. The van der Waals surface area contributed by atoms with E-state index in [4.69, 9.17) is 4.74 Å². The predicted molar refractivity (Wildman–Crippen MR) is 119 cm³/mol. The van der Waals surface area contributed by atoms with E-state index in [0.29, 0.717) is 18.9 Å². The van der Waals surface area contributed by atoms with Gasteiger partial charge < -0.3 is 4.74 Å². The van der Waals surface area contributed by atoms with Gasteiger partial charge in [-0.3, -0.25) is 4.90 Å². The van der Waals surface area contributed by atoms with Crippen molar-refractivity contribution >= 4 is 27.3 Å². The van der Waals surface area contributed by atoms with Crippen LogP contribution in [-0.4, -0.2) is 50.8 Å². The van der Waals surface area contributed by atoms with Gasteiger partial charge in [0, 0.05) is 31.6 Å². The second-order valence-electron chi connectivity index (χ2n) is 8.11. The van der Waals surface area contributed by atoms with E-state index in [9.17, 15) is 13.2 Å². The summed E-state index contributed by atoms with van der Waals surface area (Å²) in [6.07, 6.45) is 1.75. The van der Waals surface area contributed by atoms with Crippen LogP contribution in [0.1, 0.15) is 46.6 Å². The smallest absolute Gasteiger partial charge is 0.340 e. The summed E-state index contributed by atoms with van der Waals surface area (Å²) in [5, 5.41) is 0. The van der Waals surface area contributed by atoms with Gasteiger partial charge in [-0.05, 0) is 36.4 Å². The number of fused-ring (bicyclic) bond motifs is 1. The fourth-order valence-corrected chi connectivity index (χ4v) is 6.90. The lowest BCUT2D eigenvalue weighted by molar-refractivity contribution is 0.0595. The molecule has 0 saturated carbocycles. The van der Waals surface area contributed by atoms with Crippen LogP contribution in [0.2, 0.25) is 0 Å². The Kier molecular flexibility index (Phi) is 7.34. The first-order chi connectivity index (χ1) is 14.2. The zero-order chi connectivity index (χ0) is 21.9. The number of methoxy groups -OCH3 is 1. The minimum absolute atomic E-state index is 0.100. The summed E-state index contributed by atoms with van der Waals surface area (Å²) >= 11 is 1.22. The number of sulfonamides is 1. The Morgan fingerprint density at radius 1 is 1.27 bits per heavy atom. The molecule has 0 saturated heterocycles. The van der Waals surface area contributed by atoms with Crippen LogP contribution in [0.25, 0.3) is 0 Å². The Morgan fingerprint density at radius 2 is 1.97 bits per heavy atom. The Bertz CT molecular complexity index is 984. The average molecular weight is 451 g/mol. The average Bonchev–Trinajstić information content (AvgIpc) is 3.12. The maximum absolute atomic E-state index is 13.4. The molecular weight excluding hydrogens is 420 g/mol. The first kappa shape index (κ1) is 22.9. The minimum Gasteiger partial charge on any atom is -0.465 e. The van der Waals surface area contributed by atoms with Crippen molar-refractivity contribution < 1.29 is 17.9 Å². The molecule has 6 nitrogen and oxygen atoms in total. The third-order valence-corrected chi connectivity index (χ3v) is 8.92. The van der Waals surface area contributed by atoms with Crippen molar-refractivity contribution in [3.05, 3.63) is 51.9 Å². The molecule has 0 aliphatic carbocycles. The van der Waals surface area contributed by atoms with Gasteiger partial charge in [0.25, 0.3) is 10.0 Å². The summed E-state index contributed by atoms with van der Waals surface area (Å²) in [5.74, 6) is 0.0396. The number of esters is 1. The molecule has 0 atom stereocenters. The second kappa shape index (κ2) is 9.60. The molecule has 1 aliphatic rings. The Morgan fingerprint density at radius 3 is 2.60 bits per heavy atom. The third-order valence-electron chi connectivity index (χ3n) is 5.41. The molecule has 0 bridgehead atoms. The molecule has 0 fully saturated rings. The third kappa shape index (κ3) is 4.94. The van der Waals surface area contributed by atoms with E-state index in [2.05, 4.69) is 18.7 Å². The standard InChI is InChI=1S/C22H30N2O4S2/c1-16(2)10-12-24-13-11-18-19(15-24)29-22(20(18)21(25)28-4)30(26,27)23(3)14-17-8-6-5-7-9-17/h5-9,16H,10-15H2,1-4H3. The van der Waals surface area contributed by atoms with Crippen LogP contribution in [0.15, 0.2) is 34.5 Å². The minimum atomic E-state index is -3.83. The lowest BCUT2D eigenvalue weighted by atomic mass is 10.0. The zero-order valence-electron chi connectivity index (χ0n) is 18.1. The molecule has 8 heteroatoms. The van der Waals surface area contributed by atoms with Crippen LogP contribution < -0.4 is 0 Å². The largest absolute Gasteiger partial charge is 0.465 e. The molecule has 0 amide bonds. The molecule has 164 valence electrons. The van der Waals surface area contributed by atoms with E-state index in [1.54, 1.807) is 7.05 Å². The van der Waals surface area contributed by atoms with Crippen LogP contribution in [0, 0.1) is 5.92 Å². The fraction of sp³-hybridized carbons (Fsp3) is 0.500. The van der Waals surface area contributed by atoms with Gasteiger partial charge in [-0.2, -0.15) is 4.31 Å². The number of hydrogen-bond donors (Lipinski definition) is 0. The van der Waals surface area contributed by atoms with Crippen molar-refractivity contribution in [2.75, 3.05) is 27.2 Å². The molecule has 0 spiro atoms. The van der Waals surface area contributed by atoms with Crippen LogP contribution in [0.3, 0.4) is 0 Å². The highest BCUT2D eigenvalue weighted by Crippen LogP contribution is 2.38. The van der Waals surface area contributed by atoms with Crippen molar-refractivity contribution in [2.45, 2.75) is 44.0 Å². The monoisotopic (exact) mass is 450 g/mol. The van der Waals surface area contributed by atoms with Crippen LogP contribution in [0.4, 0.5) is 0 Å². The van der Waals surface area contributed by atoms with Gasteiger partial charge in [0.05, 0.1) is 12.7 Å². The lowest BCUT2D eigenvalue weighted by Gasteiger charge is -2.27. The number of ether oxygens (including phenoxy) is 1. The number of carbonyl (C=O) groups excluding carboxylic acids is 1. The van der Waals surface area contributed by atoms with Gasteiger partial charge in [0.15, 0.2) is 0 Å². The SMILES string of the molecule is COC(=O)c1c(S(=O)(=O)N(C)Cc2ccccc2)sc2c1CCN(CCC(C)C)C2. The lowest BCUT2D eigenvalue weighted by Crippen LogP contribution is -2.31. The molecule has 1 aromatic heterocycles. The number of thiophene rings is 1. The molecule has 2 heterocycles. The van der Waals surface area contributed by atoms with Gasteiger partial charge in [-0.15, -0.1) is 11.3 Å². The van der Waals surface area contributed by atoms with Crippen molar-refractivity contribution in [2.24, 2.45) is 5.92 Å². The highest BCUT2D eigenvalue weighted by atomic mass is 32.2.